The van der Waals surface area contributed by atoms with Gasteiger partial charge in [0.05, 0.1) is 5.69 Å². The smallest absolute Gasteiger partial charge is 0.108 e. The predicted octanol–water partition coefficient (Wildman–Crippen LogP) is 3.69. The lowest BCUT2D eigenvalue weighted by Crippen LogP contribution is -2.25. The van der Waals surface area contributed by atoms with Crippen LogP contribution in [0.1, 0.15) is 25.4 Å². The number of rotatable bonds is 5. The molecule has 2 aromatic rings. The van der Waals surface area contributed by atoms with Crippen molar-refractivity contribution in [2.45, 2.75) is 33.2 Å². The van der Waals surface area contributed by atoms with E-state index in [-0.39, 0.29) is 0 Å². The topological polar surface area (TPSA) is 40.7 Å². The van der Waals surface area contributed by atoms with E-state index in [2.05, 4.69) is 59.1 Å². The molecule has 1 aromatic heterocycles. The number of H-pyrrole nitrogens is 1. The number of nitrogens with one attached hydrogen (secondary N) is 2. The molecule has 2 N–H and O–H groups in total. The molecular formula is C15H20BrN3. The number of hydrogen-bond acceptors (Lipinski definition) is 2. The van der Waals surface area contributed by atoms with Crippen LogP contribution in [0.4, 0.5) is 0 Å². The number of halogens is 1. The van der Waals surface area contributed by atoms with Gasteiger partial charge in [-0.05, 0) is 19.1 Å². The van der Waals surface area contributed by atoms with Gasteiger partial charge in [-0.25, -0.2) is 4.98 Å². The number of benzene rings is 1. The third-order valence-corrected chi connectivity index (χ3v) is 3.49. The van der Waals surface area contributed by atoms with Crippen LogP contribution in [0, 0.1) is 6.92 Å². The summed E-state index contributed by atoms with van der Waals surface area (Å²) in [6.07, 6.45) is 0.926. The molecule has 4 heteroatoms. The number of nitrogens with zero attached hydrogens (tertiary/aromatic N) is 1. The molecule has 102 valence electrons. The molecule has 0 aliphatic carbocycles. The lowest BCUT2D eigenvalue weighted by molar-refractivity contribution is 0.584. The molecule has 0 bridgehead atoms. The molecule has 0 amide bonds. The largest absolute Gasteiger partial charge is 0.346 e. The molecule has 0 fully saturated rings. The van der Waals surface area contributed by atoms with E-state index in [1.54, 1.807) is 0 Å². The quantitative estimate of drug-likeness (QED) is 0.881. The van der Waals surface area contributed by atoms with Crippen LogP contribution >= 0.6 is 15.9 Å². The molecular weight excluding hydrogens is 302 g/mol. The SMILES string of the molecule is Cc1[nH]c(CCNC(C)C)nc1-c1ccc(Br)cc1. The number of aryl methyl sites for hydroxylation is 1. The maximum absolute atomic E-state index is 4.70. The molecule has 0 radical (unpaired) electrons. The number of aromatic nitrogens is 2. The molecule has 3 nitrogen and oxygen atoms in total. The molecule has 0 unspecified atom stereocenters. The third kappa shape index (κ3) is 3.91. The van der Waals surface area contributed by atoms with E-state index in [1.807, 2.05) is 12.1 Å². The normalized spacial score (nSPS) is 11.2. The average Bonchev–Trinajstić information content (AvgIpc) is 2.71. The first kappa shape index (κ1) is 14.3. The Balaban J connectivity index is 2.10. The fourth-order valence-electron chi connectivity index (χ4n) is 2.01. The van der Waals surface area contributed by atoms with Gasteiger partial charge in [-0.3, -0.25) is 0 Å². The monoisotopic (exact) mass is 321 g/mol. The lowest BCUT2D eigenvalue weighted by Gasteiger charge is -2.05. The standard InChI is InChI=1S/C15H20BrN3/c1-10(2)17-9-8-14-18-11(3)15(19-14)12-4-6-13(16)7-5-12/h4-7,10,17H,8-9H2,1-3H3,(H,18,19). The summed E-state index contributed by atoms with van der Waals surface area (Å²) < 4.78 is 1.09. The van der Waals surface area contributed by atoms with E-state index in [0.29, 0.717) is 6.04 Å². The molecule has 0 aliphatic heterocycles. The Kier molecular flexibility index (Phi) is 4.77. The molecule has 19 heavy (non-hydrogen) atoms. The second-order valence-electron chi connectivity index (χ2n) is 5.02. The maximum atomic E-state index is 4.70. The molecule has 0 spiro atoms. The van der Waals surface area contributed by atoms with Crippen LogP contribution < -0.4 is 5.32 Å². The van der Waals surface area contributed by atoms with E-state index in [0.717, 1.165) is 40.2 Å². The van der Waals surface area contributed by atoms with E-state index in [4.69, 9.17) is 4.98 Å². The second kappa shape index (κ2) is 6.35. The highest BCUT2D eigenvalue weighted by atomic mass is 79.9. The first-order valence-corrected chi connectivity index (χ1v) is 7.40. The van der Waals surface area contributed by atoms with Gasteiger partial charge in [-0.15, -0.1) is 0 Å². The van der Waals surface area contributed by atoms with Gasteiger partial charge in [0, 0.05) is 34.7 Å². The predicted molar refractivity (Wildman–Crippen MR) is 83.3 cm³/mol. The zero-order valence-corrected chi connectivity index (χ0v) is 13.2. The molecule has 0 saturated heterocycles. The lowest BCUT2D eigenvalue weighted by atomic mass is 10.1. The minimum Gasteiger partial charge on any atom is -0.346 e. The van der Waals surface area contributed by atoms with Crippen molar-refractivity contribution >= 4 is 15.9 Å². The summed E-state index contributed by atoms with van der Waals surface area (Å²) in [6, 6.07) is 8.78. The fourth-order valence-corrected chi connectivity index (χ4v) is 2.27. The van der Waals surface area contributed by atoms with Crippen molar-refractivity contribution in [1.29, 1.82) is 0 Å². The first-order chi connectivity index (χ1) is 9.06. The minimum atomic E-state index is 0.516. The summed E-state index contributed by atoms with van der Waals surface area (Å²) in [5.41, 5.74) is 3.33. The summed E-state index contributed by atoms with van der Waals surface area (Å²) in [5, 5.41) is 3.40. The summed E-state index contributed by atoms with van der Waals surface area (Å²) >= 11 is 3.45. The highest BCUT2D eigenvalue weighted by Crippen LogP contribution is 2.23. The van der Waals surface area contributed by atoms with Crippen LogP contribution in [-0.4, -0.2) is 22.6 Å². The molecule has 1 aromatic carbocycles. The van der Waals surface area contributed by atoms with Crippen molar-refractivity contribution in [2.75, 3.05) is 6.54 Å². The van der Waals surface area contributed by atoms with Gasteiger partial charge in [0.15, 0.2) is 0 Å². The van der Waals surface area contributed by atoms with Gasteiger partial charge in [-0.1, -0.05) is 41.9 Å². The Morgan fingerprint density at radius 2 is 1.95 bits per heavy atom. The first-order valence-electron chi connectivity index (χ1n) is 6.61. The minimum absolute atomic E-state index is 0.516. The number of imidazole rings is 1. The summed E-state index contributed by atoms with van der Waals surface area (Å²) in [6.45, 7) is 7.33. The van der Waals surface area contributed by atoms with Gasteiger partial charge >= 0.3 is 0 Å². The van der Waals surface area contributed by atoms with Gasteiger partial charge in [0.2, 0.25) is 0 Å². The van der Waals surface area contributed by atoms with Crippen LogP contribution in [0.2, 0.25) is 0 Å². The number of hydrogen-bond donors (Lipinski definition) is 2. The zero-order chi connectivity index (χ0) is 13.8. The van der Waals surface area contributed by atoms with Gasteiger partial charge in [0.25, 0.3) is 0 Å². The number of aromatic amines is 1. The van der Waals surface area contributed by atoms with Gasteiger partial charge in [-0.2, -0.15) is 0 Å². The van der Waals surface area contributed by atoms with Crippen LogP contribution in [0.25, 0.3) is 11.3 Å². The van der Waals surface area contributed by atoms with Crippen molar-refractivity contribution in [3.05, 3.63) is 40.3 Å². The van der Waals surface area contributed by atoms with Gasteiger partial charge in [0.1, 0.15) is 5.82 Å². The van der Waals surface area contributed by atoms with E-state index in [1.165, 1.54) is 0 Å². The van der Waals surface area contributed by atoms with Crippen molar-refractivity contribution in [2.24, 2.45) is 0 Å². The van der Waals surface area contributed by atoms with Crippen molar-refractivity contribution in [3.63, 3.8) is 0 Å². The van der Waals surface area contributed by atoms with E-state index < -0.39 is 0 Å². The maximum Gasteiger partial charge on any atom is 0.108 e. The highest BCUT2D eigenvalue weighted by Gasteiger charge is 2.08. The molecule has 0 saturated carbocycles. The summed E-state index contributed by atoms with van der Waals surface area (Å²) in [5.74, 6) is 1.04. The Bertz CT molecular complexity index is 529. The van der Waals surface area contributed by atoms with E-state index in [9.17, 15) is 0 Å². The van der Waals surface area contributed by atoms with Crippen LogP contribution in [-0.2, 0) is 6.42 Å². The average molecular weight is 322 g/mol. The highest BCUT2D eigenvalue weighted by molar-refractivity contribution is 9.10. The molecule has 0 atom stereocenters. The summed E-state index contributed by atoms with van der Waals surface area (Å²) in [7, 11) is 0. The van der Waals surface area contributed by atoms with Crippen LogP contribution in [0.5, 0.6) is 0 Å². The summed E-state index contributed by atoms with van der Waals surface area (Å²) in [4.78, 5) is 8.06. The molecule has 0 aliphatic rings. The Labute approximate surface area is 123 Å². The second-order valence-corrected chi connectivity index (χ2v) is 5.94. The Hall–Kier alpha value is -1.13. The van der Waals surface area contributed by atoms with Crippen LogP contribution in [0.3, 0.4) is 0 Å². The van der Waals surface area contributed by atoms with Crippen molar-refractivity contribution in [1.82, 2.24) is 15.3 Å². The molecule has 2 rings (SSSR count). The fraction of sp³-hybridized carbons (Fsp3) is 0.400. The van der Waals surface area contributed by atoms with Crippen molar-refractivity contribution in [3.8, 4) is 11.3 Å². The Morgan fingerprint density at radius 1 is 1.26 bits per heavy atom. The van der Waals surface area contributed by atoms with E-state index >= 15 is 0 Å². The molecule has 1 heterocycles. The van der Waals surface area contributed by atoms with Gasteiger partial charge < -0.3 is 10.3 Å². The Morgan fingerprint density at radius 3 is 2.58 bits per heavy atom. The van der Waals surface area contributed by atoms with Crippen molar-refractivity contribution < 1.29 is 0 Å². The zero-order valence-electron chi connectivity index (χ0n) is 11.6. The third-order valence-electron chi connectivity index (χ3n) is 2.97. The van der Waals surface area contributed by atoms with Crippen LogP contribution in [0.15, 0.2) is 28.7 Å².